The Bertz CT molecular complexity index is 692. The lowest BCUT2D eigenvalue weighted by Gasteiger charge is -2.07. The summed E-state index contributed by atoms with van der Waals surface area (Å²) >= 11 is 0. The molecule has 1 aromatic carbocycles. The monoisotopic (exact) mass is 291 g/mol. The Morgan fingerprint density at radius 2 is 2.05 bits per heavy atom. The normalized spacial score (nSPS) is 10.7. The van der Waals surface area contributed by atoms with Crippen LogP contribution in [0.5, 0.6) is 5.75 Å². The second-order valence-electron chi connectivity index (χ2n) is 4.73. The number of aliphatic hydroxyl groups excluding tert-OH is 1. The van der Waals surface area contributed by atoms with E-state index in [0.29, 0.717) is 30.3 Å². The summed E-state index contributed by atoms with van der Waals surface area (Å²) in [7, 11) is 0. The van der Waals surface area contributed by atoms with E-state index in [1.54, 1.807) is 6.07 Å². The Morgan fingerprint density at radius 1 is 1.24 bits per heavy atom. The Balaban J connectivity index is 2.14. The molecule has 1 heterocycles. The van der Waals surface area contributed by atoms with Gasteiger partial charge in [-0.15, -0.1) is 0 Å². The molecule has 2 aromatic rings. The van der Waals surface area contributed by atoms with Crippen LogP contribution >= 0.6 is 0 Å². The lowest BCUT2D eigenvalue weighted by molar-refractivity contribution is -0.120. The van der Waals surface area contributed by atoms with Crippen LogP contribution in [0.3, 0.4) is 0 Å². The summed E-state index contributed by atoms with van der Waals surface area (Å²) in [5.74, 6) is -0.204. The standard InChI is InChI=1S/C15H17NO5/c17-6-2-1-5-16-14(19)7-10-8-15(20)21-13-9-11(18)3-4-12(10)13/h3-4,8-9,17-18H,1-2,5-7H2,(H,16,19). The third kappa shape index (κ3) is 4.06. The maximum Gasteiger partial charge on any atom is 0.336 e. The lowest BCUT2D eigenvalue weighted by Crippen LogP contribution is -2.26. The number of hydrogen-bond acceptors (Lipinski definition) is 5. The fourth-order valence-corrected chi connectivity index (χ4v) is 2.06. The van der Waals surface area contributed by atoms with Gasteiger partial charge in [0.15, 0.2) is 0 Å². The van der Waals surface area contributed by atoms with E-state index >= 15 is 0 Å². The van der Waals surface area contributed by atoms with Crippen LogP contribution in [-0.4, -0.2) is 29.3 Å². The van der Waals surface area contributed by atoms with Crippen molar-refractivity contribution in [1.29, 1.82) is 0 Å². The molecule has 1 aromatic heterocycles. The predicted molar refractivity (Wildman–Crippen MR) is 77.2 cm³/mol. The van der Waals surface area contributed by atoms with Gasteiger partial charge in [0.2, 0.25) is 5.91 Å². The molecule has 0 aliphatic carbocycles. The van der Waals surface area contributed by atoms with Crippen molar-refractivity contribution in [3.8, 4) is 5.75 Å². The predicted octanol–water partition coefficient (Wildman–Crippen LogP) is 0.930. The highest BCUT2D eigenvalue weighted by atomic mass is 16.4. The summed E-state index contributed by atoms with van der Waals surface area (Å²) in [6.07, 6.45) is 1.40. The van der Waals surface area contributed by atoms with Gasteiger partial charge in [-0.1, -0.05) is 0 Å². The maximum absolute atomic E-state index is 11.8. The van der Waals surface area contributed by atoms with Crippen LogP contribution in [0.1, 0.15) is 18.4 Å². The van der Waals surface area contributed by atoms with Crippen molar-refractivity contribution in [1.82, 2.24) is 5.32 Å². The van der Waals surface area contributed by atoms with Gasteiger partial charge in [0.25, 0.3) is 0 Å². The Kier molecular flexibility index (Phi) is 4.94. The fourth-order valence-electron chi connectivity index (χ4n) is 2.06. The summed E-state index contributed by atoms with van der Waals surface area (Å²) in [4.78, 5) is 23.3. The first-order valence-electron chi connectivity index (χ1n) is 6.73. The summed E-state index contributed by atoms with van der Waals surface area (Å²) in [5.41, 5.74) is 0.252. The molecule has 2 rings (SSSR count). The van der Waals surface area contributed by atoms with Crippen molar-refractivity contribution in [2.75, 3.05) is 13.2 Å². The minimum Gasteiger partial charge on any atom is -0.508 e. The summed E-state index contributed by atoms with van der Waals surface area (Å²) in [5, 5.41) is 21.4. The van der Waals surface area contributed by atoms with Crippen LogP contribution < -0.4 is 10.9 Å². The molecular formula is C15H17NO5. The van der Waals surface area contributed by atoms with Crippen LogP contribution in [0.2, 0.25) is 0 Å². The van der Waals surface area contributed by atoms with E-state index in [1.165, 1.54) is 18.2 Å². The third-order valence-corrected chi connectivity index (χ3v) is 3.07. The number of phenolic OH excluding ortho intramolecular Hbond substituents is 1. The highest BCUT2D eigenvalue weighted by Gasteiger charge is 2.10. The van der Waals surface area contributed by atoms with E-state index < -0.39 is 5.63 Å². The van der Waals surface area contributed by atoms with Crippen molar-refractivity contribution in [2.24, 2.45) is 0 Å². The van der Waals surface area contributed by atoms with Crippen LogP contribution in [0.4, 0.5) is 0 Å². The molecule has 0 saturated heterocycles. The number of hydrogen-bond donors (Lipinski definition) is 3. The van der Waals surface area contributed by atoms with Gasteiger partial charge in [-0.05, 0) is 30.5 Å². The molecule has 0 aliphatic rings. The van der Waals surface area contributed by atoms with E-state index in [9.17, 15) is 14.7 Å². The number of unbranched alkanes of at least 4 members (excludes halogenated alkanes) is 1. The van der Waals surface area contributed by atoms with E-state index in [1.807, 2.05) is 0 Å². The molecule has 21 heavy (non-hydrogen) atoms. The molecule has 0 aliphatic heterocycles. The van der Waals surface area contributed by atoms with Gasteiger partial charge >= 0.3 is 5.63 Å². The van der Waals surface area contributed by atoms with Crippen molar-refractivity contribution < 1.29 is 19.4 Å². The molecule has 112 valence electrons. The molecule has 0 spiro atoms. The number of fused-ring (bicyclic) bond motifs is 1. The van der Waals surface area contributed by atoms with Crippen molar-refractivity contribution in [3.63, 3.8) is 0 Å². The minimum absolute atomic E-state index is 0.00347. The molecule has 0 fully saturated rings. The highest BCUT2D eigenvalue weighted by Crippen LogP contribution is 2.21. The van der Waals surface area contributed by atoms with Crippen molar-refractivity contribution in [2.45, 2.75) is 19.3 Å². The SMILES string of the molecule is O=C(Cc1cc(=O)oc2cc(O)ccc12)NCCCCO. The fraction of sp³-hybridized carbons (Fsp3) is 0.333. The maximum atomic E-state index is 11.8. The average molecular weight is 291 g/mol. The number of rotatable bonds is 6. The van der Waals surface area contributed by atoms with E-state index in [2.05, 4.69) is 5.32 Å². The summed E-state index contributed by atoms with van der Waals surface area (Å²) in [6, 6.07) is 5.72. The molecular weight excluding hydrogens is 274 g/mol. The average Bonchev–Trinajstić information content (AvgIpc) is 2.43. The second-order valence-corrected chi connectivity index (χ2v) is 4.73. The number of amides is 1. The van der Waals surface area contributed by atoms with Gasteiger partial charge in [-0.25, -0.2) is 4.79 Å². The van der Waals surface area contributed by atoms with E-state index in [4.69, 9.17) is 9.52 Å². The van der Waals surface area contributed by atoms with Gasteiger partial charge in [0.05, 0.1) is 6.42 Å². The summed E-state index contributed by atoms with van der Waals surface area (Å²) < 4.78 is 5.00. The summed E-state index contributed by atoms with van der Waals surface area (Å²) in [6.45, 7) is 0.587. The first-order chi connectivity index (χ1) is 10.1. The molecule has 6 heteroatoms. The second kappa shape index (κ2) is 6.90. The quantitative estimate of drug-likeness (QED) is 0.543. The van der Waals surface area contributed by atoms with Gasteiger partial charge in [0.1, 0.15) is 11.3 Å². The number of carbonyl (C=O) groups is 1. The first kappa shape index (κ1) is 15.1. The largest absolute Gasteiger partial charge is 0.508 e. The van der Waals surface area contributed by atoms with Gasteiger partial charge < -0.3 is 19.9 Å². The van der Waals surface area contributed by atoms with Gasteiger partial charge in [0, 0.05) is 30.7 Å². The number of aliphatic hydroxyl groups is 1. The number of phenols is 1. The zero-order valence-corrected chi connectivity index (χ0v) is 11.5. The van der Waals surface area contributed by atoms with Crippen molar-refractivity contribution >= 4 is 16.9 Å². The first-order valence-corrected chi connectivity index (χ1v) is 6.73. The Labute approximate surface area is 121 Å². The zero-order valence-electron chi connectivity index (χ0n) is 11.5. The van der Waals surface area contributed by atoms with Crippen LogP contribution in [0.25, 0.3) is 11.0 Å². The zero-order chi connectivity index (χ0) is 15.2. The number of aromatic hydroxyl groups is 1. The molecule has 1 amide bonds. The number of nitrogens with one attached hydrogen (secondary N) is 1. The Hall–Kier alpha value is -2.34. The Morgan fingerprint density at radius 3 is 2.81 bits per heavy atom. The molecule has 0 atom stereocenters. The topological polar surface area (TPSA) is 99.8 Å². The van der Waals surface area contributed by atoms with Gasteiger partial charge in [-0.2, -0.15) is 0 Å². The number of benzene rings is 1. The van der Waals surface area contributed by atoms with Crippen molar-refractivity contribution in [3.05, 3.63) is 40.2 Å². The number of carbonyl (C=O) groups excluding carboxylic acids is 1. The molecule has 6 nitrogen and oxygen atoms in total. The molecule has 3 N–H and O–H groups in total. The van der Waals surface area contributed by atoms with Crippen LogP contribution in [0.15, 0.2) is 33.5 Å². The smallest absolute Gasteiger partial charge is 0.336 e. The molecule has 0 bridgehead atoms. The highest BCUT2D eigenvalue weighted by molar-refractivity contribution is 5.87. The van der Waals surface area contributed by atoms with Gasteiger partial charge in [-0.3, -0.25) is 4.79 Å². The molecule has 0 radical (unpaired) electrons. The van der Waals surface area contributed by atoms with Crippen LogP contribution in [-0.2, 0) is 11.2 Å². The third-order valence-electron chi connectivity index (χ3n) is 3.07. The minimum atomic E-state index is -0.559. The molecule has 0 saturated carbocycles. The lowest BCUT2D eigenvalue weighted by atomic mass is 10.1. The van der Waals surface area contributed by atoms with Crippen LogP contribution in [0, 0.1) is 0 Å². The van der Waals surface area contributed by atoms with E-state index in [0.717, 1.165) is 0 Å². The molecule has 0 unspecified atom stereocenters. The van der Waals surface area contributed by atoms with E-state index in [-0.39, 0.29) is 30.3 Å².